The molecule has 1 fully saturated rings. The van der Waals surface area contributed by atoms with Crippen LogP contribution in [0.1, 0.15) is 58.6 Å². The minimum absolute atomic E-state index is 0.0176. The van der Waals surface area contributed by atoms with E-state index in [1.807, 2.05) is 59.5 Å². The van der Waals surface area contributed by atoms with E-state index in [1.54, 1.807) is 12.4 Å². The van der Waals surface area contributed by atoms with Gasteiger partial charge in [-0.2, -0.15) is 0 Å². The number of rotatable bonds is 6. The average molecular weight is 440 g/mol. The Morgan fingerprint density at radius 3 is 2.39 bits per heavy atom. The highest BCUT2D eigenvalue weighted by Crippen LogP contribution is 2.50. The number of aromatic nitrogens is 1. The SMILES string of the molecule is O=C(NCCc1ccncc1)[C@H]1c2ccccc2C(=O)N(Cc2ccccc2)C12CCCC2. The quantitative estimate of drug-likeness (QED) is 0.615. The Balaban J connectivity index is 1.48. The van der Waals surface area contributed by atoms with Crippen molar-refractivity contribution >= 4 is 11.8 Å². The van der Waals surface area contributed by atoms with E-state index in [2.05, 4.69) is 22.4 Å². The van der Waals surface area contributed by atoms with Gasteiger partial charge in [0.1, 0.15) is 0 Å². The molecule has 5 rings (SSSR count). The highest BCUT2D eigenvalue weighted by atomic mass is 16.2. The van der Waals surface area contributed by atoms with Gasteiger partial charge in [-0.15, -0.1) is 0 Å². The van der Waals surface area contributed by atoms with Crippen molar-refractivity contribution in [1.29, 1.82) is 0 Å². The maximum absolute atomic E-state index is 13.8. The number of nitrogens with zero attached hydrogens (tertiary/aromatic N) is 2. The van der Waals surface area contributed by atoms with E-state index in [0.717, 1.165) is 48.8 Å². The zero-order valence-corrected chi connectivity index (χ0v) is 18.7. The van der Waals surface area contributed by atoms with Crippen molar-refractivity contribution in [3.8, 4) is 0 Å². The van der Waals surface area contributed by atoms with Crippen LogP contribution in [0.15, 0.2) is 79.1 Å². The number of carbonyl (C=O) groups is 2. The zero-order valence-electron chi connectivity index (χ0n) is 18.7. The number of hydrogen-bond donors (Lipinski definition) is 1. The number of hydrogen-bond acceptors (Lipinski definition) is 3. The van der Waals surface area contributed by atoms with Gasteiger partial charge in [0.25, 0.3) is 5.91 Å². The van der Waals surface area contributed by atoms with Crippen molar-refractivity contribution in [2.45, 2.75) is 50.1 Å². The second kappa shape index (κ2) is 9.18. The molecule has 1 atom stereocenters. The third kappa shape index (κ3) is 4.04. The maximum Gasteiger partial charge on any atom is 0.254 e. The van der Waals surface area contributed by atoms with Crippen molar-refractivity contribution in [2.24, 2.45) is 0 Å². The van der Waals surface area contributed by atoms with Crippen molar-refractivity contribution in [3.05, 3.63) is 101 Å². The van der Waals surface area contributed by atoms with Gasteiger partial charge < -0.3 is 10.2 Å². The monoisotopic (exact) mass is 439 g/mol. The van der Waals surface area contributed by atoms with Crippen molar-refractivity contribution in [2.75, 3.05) is 6.54 Å². The van der Waals surface area contributed by atoms with Crippen LogP contribution in [0, 0.1) is 0 Å². The number of fused-ring (bicyclic) bond motifs is 1. The Morgan fingerprint density at radius 1 is 0.939 bits per heavy atom. The predicted molar refractivity (Wildman–Crippen MR) is 128 cm³/mol. The molecule has 5 nitrogen and oxygen atoms in total. The summed E-state index contributed by atoms with van der Waals surface area (Å²) < 4.78 is 0. The molecule has 3 aromatic rings. The molecule has 0 radical (unpaired) electrons. The molecule has 168 valence electrons. The molecule has 2 aliphatic rings. The molecule has 2 aromatic carbocycles. The van der Waals surface area contributed by atoms with Crippen LogP contribution >= 0.6 is 0 Å². The van der Waals surface area contributed by atoms with Crippen LogP contribution < -0.4 is 5.32 Å². The van der Waals surface area contributed by atoms with Crippen LogP contribution in [0.4, 0.5) is 0 Å². The van der Waals surface area contributed by atoms with Gasteiger partial charge in [0.05, 0.1) is 11.5 Å². The zero-order chi connectivity index (χ0) is 22.7. The fraction of sp³-hybridized carbons (Fsp3) is 0.321. The first-order valence-electron chi connectivity index (χ1n) is 11.8. The summed E-state index contributed by atoms with van der Waals surface area (Å²) in [7, 11) is 0. The molecule has 0 unspecified atom stereocenters. The summed E-state index contributed by atoms with van der Waals surface area (Å²) in [4.78, 5) is 33.6. The van der Waals surface area contributed by atoms with Crippen LogP contribution in [0.25, 0.3) is 0 Å². The summed E-state index contributed by atoms with van der Waals surface area (Å²) in [5, 5.41) is 3.19. The van der Waals surface area contributed by atoms with Crippen molar-refractivity contribution in [1.82, 2.24) is 15.2 Å². The number of amides is 2. The lowest BCUT2D eigenvalue weighted by molar-refractivity contribution is -0.126. The topological polar surface area (TPSA) is 62.3 Å². The predicted octanol–water partition coefficient (Wildman–Crippen LogP) is 4.49. The lowest BCUT2D eigenvalue weighted by Gasteiger charge is -2.50. The van der Waals surface area contributed by atoms with Gasteiger partial charge in [0, 0.05) is 31.0 Å². The highest BCUT2D eigenvalue weighted by Gasteiger charge is 2.55. The largest absolute Gasteiger partial charge is 0.355 e. The van der Waals surface area contributed by atoms with Gasteiger partial charge in [-0.25, -0.2) is 0 Å². The van der Waals surface area contributed by atoms with Crippen LogP contribution in [-0.4, -0.2) is 33.8 Å². The van der Waals surface area contributed by atoms with E-state index >= 15 is 0 Å². The summed E-state index contributed by atoms with van der Waals surface area (Å²) in [5.74, 6) is -0.309. The van der Waals surface area contributed by atoms with Crippen LogP contribution in [0.3, 0.4) is 0 Å². The van der Waals surface area contributed by atoms with Crippen molar-refractivity contribution < 1.29 is 9.59 Å². The molecule has 1 aromatic heterocycles. The standard InChI is InChI=1S/C28H29N3O2/c32-26(30-19-14-21-12-17-29-18-13-21)25-23-10-4-5-11-24(23)27(33)31(28(25)15-6-7-16-28)20-22-8-2-1-3-9-22/h1-5,8-13,17-18,25H,6-7,14-16,19-20H2,(H,30,32)/t25-/m1/s1. The summed E-state index contributed by atoms with van der Waals surface area (Å²) in [5.41, 5.74) is 3.27. The lowest BCUT2D eigenvalue weighted by Crippen LogP contribution is -2.60. The number of pyridine rings is 1. The Kier molecular flexibility index (Phi) is 5.95. The molecule has 2 amide bonds. The van der Waals surface area contributed by atoms with E-state index in [4.69, 9.17) is 0 Å². The Labute approximate surface area is 194 Å². The first-order chi connectivity index (χ1) is 16.2. The van der Waals surface area contributed by atoms with Gasteiger partial charge in [0.15, 0.2) is 0 Å². The molecule has 0 saturated heterocycles. The molecule has 1 aliphatic heterocycles. The molecule has 0 bridgehead atoms. The molecule has 1 saturated carbocycles. The Bertz CT molecular complexity index is 1120. The molecule has 1 aliphatic carbocycles. The number of carbonyl (C=O) groups excluding carboxylic acids is 2. The third-order valence-electron chi connectivity index (χ3n) is 7.20. The average Bonchev–Trinajstić information content (AvgIpc) is 3.33. The minimum Gasteiger partial charge on any atom is -0.355 e. The second-order valence-electron chi connectivity index (χ2n) is 9.10. The summed E-state index contributed by atoms with van der Waals surface area (Å²) in [6.45, 7) is 1.08. The fourth-order valence-electron chi connectivity index (χ4n) is 5.64. The van der Waals surface area contributed by atoms with Crippen molar-refractivity contribution in [3.63, 3.8) is 0 Å². The first-order valence-corrected chi connectivity index (χ1v) is 11.8. The fourth-order valence-corrected chi connectivity index (χ4v) is 5.64. The van der Waals surface area contributed by atoms with E-state index < -0.39 is 5.54 Å². The Hall–Kier alpha value is -3.47. The molecule has 2 heterocycles. The summed E-state index contributed by atoms with van der Waals surface area (Å²) in [6, 6.07) is 21.7. The second-order valence-corrected chi connectivity index (χ2v) is 9.10. The summed E-state index contributed by atoms with van der Waals surface area (Å²) >= 11 is 0. The molecular formula is C28H29N3O2. The van der Waals surface area contributed by atoms with E-state index in [-0.39, 0.29) is 17.7 Å². The van der Waals surface area contributed by atoms with Gasteiger partial charge >= 0.3 is 0 Å². The van der Waals surface area contributed by atoms with E-state index in [1.165, 1.54) is 0 Å². The molecular weight excluding hydrogens is 410 g/mol. The van der Waals surface area contributed by atoms with Gasteiger partial charge in [-0.3, -0.25) is 14.6 Å². The van der Waals surface area contributed by atoms with Gasteiger partial charge in [-0.1, -0.05) is 61.4 Å². The van der Waals surface area contributed by atoms with Crippen LogP contribution in [0.2, 0.25) is 0 Å². The summed E-state index contributed by atoms with van der Waals surface area (Å²) in [6.07, 6.45) is 8.06. The smallest absolute Gasteiger partial charge is 0.254 e. The molecule has 5 heteroatoms. The number of benzene rings is 2. The normalized spacial score (nSPS) is 18.8. The van der Waals surface area contributed by atoms with Crippen LogP contribution in [0.5, 0.6) is 0 Å². The first kappa shape index (κ1) is 21.4. The minimum atomic E-state index is -0.484. The molecule has 33 heavy (non-hydrogen) atoms. The molecule has 1 N–H and O–H groups in total. The number of nitrogens with one attached hydrogen (secondary N) is 1. The van der Waals surface area contributed by atoms with E-state index in [9.17, 15) is 9.59 Å². The van der Waals surface area contributed by atoms with Gasteiger partial charge in [-0.05, 0) is 54.2 Å². The highest BCUT2D eigenvalue weighted by molar-refractivity contribution is 6.02. The van der Waals surface area contributed by atoms with Crippen LogP contribution in [-0.2, 0) is 17.8 Å². The Morgan fingerprint density at radius 2 is 1.64 bits per heavy atom. The lowest BCUT2D eigenvalue weighted by atomic mass is 9.71. The van der Waals surface area contributed by atoms with Gasteiger partial charge in [0.2, 0.25) is 5.91 Å². The maximum atomic E-state index is 13.8. The van der Waals surface area contributed by atoms with E-state index in [0.29, 0.717) is 18.7 Å². The molecule has 1 spiro atoms. The third-order valence-corrected chi connectivity index (χ3v) is 7.20.